The van der Waals surface area contributed by atoms with Crippen molar-refractivity contribution >= 4 is 20.4 Å². The summed E-state index contributed by atoms with van der Waals surface area (Å²) >= 11 is 0. The summed E-state index contributed by atoms with van der Waals surface area (Å²) in [5, 5.41) is 0. The summed E-state index contributed by atoms with van der Waals surface area (Å²) in [6, 6.07) is 0. The Morgan fingerprint density at radius 2 is 2.00 bits per heavy atom. The van der Waals surface area contributed by atoms with Gasteiger partial charge in [0.15, 0.2) is 0 Å². The molecule has 4 heteroatoms. The molecule has 0 rings (SSSR count). The number of hydrogen-bond donors (Lipinski definition) is 0. The van der Waals surface area contributed by atoms with Crippen LogP contribution in [0, 0.1) is 0 Å². The average molecular weight is 184 g/mol. The third-order valence-electron chi connectivity index (χ3n) is 1.16. The molecular formula is C6H16O2S2. The van der Waals surface area contributed by atoms with E-state index in [4.69, 9.17) is 8.37 Å². The Balaban J connectivity index is 3.87. The maximum absolute atomic E-state index is 5.50. The Morgan fingerprint density at radius 3 is 2.10 bits per heavy atom. The molecule has 0 fully saturated rings. The third-order valence-corrected chi connectivity index (χ3v) is 6.40. The molecule has 1 atom stereocenters. The normalized spacial score (nSPS) is 20.0. The van der Waals surface area contributed by atoms with E-state index in [-0.39, 0.29) is 0 Å². The van der Waals surface area contributed by atoms with Crippen LogP contribution in [0.1, 0.15) is 13.8 Å². The van der Waals surface area contributed by atoms with Crippen molar-refractivity contribution in [1.29, 1.82) is 0 Å². The fraction of sp³-hybridized carbons (Fsp3) is 1.00. The standard InChI is InChI=1S/C6H16O2S2/c1-5-8-10(6-2,7-3)9-4/h5-6H2,1-4H3. The van der Waals surface area contributed by atoms with Crippen LogP contribution in [0.3, 0.4) is 0 Å². The van der Waals surface area contributed by atoms with E-state index in [0.29, 0.717) is 0 Å². The summed E-state index contributed by atoms with van der Waals surface area (Å²) in [7, 11) is 2.15. The minimum absolute atomic E-state index is 0.734. The van der Waals surface area contributed by atoms with Crippen LogP contribution in [-0.2, 0) is 8.37 Å². The largest absolute Gasteiger partial charge is 0.278 e. The first-order valence-corrected chi connectivity index (χ1v) is 6.70. The molecule has 0 aromatic heterocycles. The molecule has 0 N–H and O–H groups in total. The van der Waals surface area contributed by atoms with Crippen LogP contribution in [0.5, 0.6) is 0 Å². The topological polar surface area (TPSA) is 18.5 Å². The highest BCUT2D eigenvalue weighted by molar-refractivity contribution is 8.90. The van der Waals surface area contributed by atoms with E-state index in [9.17, 15) is 0 Å². The molecule has 1 unspecified atom stereocenters. The van der Waals surface area contributed by atoms with Crippen LogP contribution in [0.25, 0.3) is 0 Å². The van der Waals surface area contributed by atoms with Gasteiger partial charge in [-0.3, -0.25) is 8.37 Å². The molecule has 0 bridgehead atoms. The quantitative estimate of drug-likeness (QED) is 0.612. The van der Waals surface area contributed by atoms with Crippen LogP contribution in [0.2, 0.25) is 0 Å². The van der Waals surface area contributed by atoms with Crippen molar-refractivity contribution in [2.75, 3.05) is 25.7 Å². The molecule has 0 saturated heterocycles. The van der Waals surface area contributed by atoms with Gasteiger partial charge in [-0.15, -0.1) is 9.62 Å². The Morgan fingerprint density at radius 1 is 1.40 bits per heavy atom. The van der Waals surface area contributed by atoms with E-state index in [1.807, 2.05) is 13.2 Å². The van der Waals surface area contributed by atoms with Gasteiger partial charge in [0.2, 0.25) is 0 Å². The highest BCUT2D eigenvalue weighted by atomic mass is 33.2. The summed E-state index contributed by atoms with van der Waals surface area (Å²) in [5.41, 5.74) is 0. The van der Waals surface area contributed by atoms with Crippen molar-refractivity contribution in [1.82, 2.24) is 0 Å². The van der Waals surface area contributed by atoms with Crippen LogP contribution < -0.4 is 0 Å². The van der Waals surface area contributed by atoms with Gasteiger partial charge in [-0.2, -0.15) is 0 Å². The van der Waals surface area contributed by atoms with Crippen molar-refractivity contribution in [3.05, 3.63) is 0 Å². The molecule has 0 aliphatic rings. The second-order valence-corrected chi connectivity index (χ2v) is 6.70. The summed E-state index contributed by atoms with van der Waals surface area (Å²) in [6.07, 6.45) is 2.03. The van der Waals surface area contributed by atoms with Crippen molar-refractivity contribution in [2.45, 2.75) is 13.8 Å². The highest BCUT2D eigenvalue weighted by Crippen LogP contribution is 2.59. The summed E-state index contributed by atoms with van der Waals surface area (Å²) < 4.78 is 10.8. The zero-order valence-corrected chi connectivity index (χ0v) is 8.68. The zero-order chi connectivity index (χ0) is 8.04. The van der Waals surface area contributed by atoms with Gasteiger partial charge < -0.3 is 0 Å². The van der Waals surface area contributed by atoms with Crippen molar-refractivity contribution in [2.24, 2.45) is 0 Å². The van der Waals surface area contributed by atoms with Crippen molar-refractivity contribution < 1.29 is 8.37 Å². The van der Waals surface area contributed by atoms with E-state index >= 15 is 0 Å². The number of hydrogen-bond acceptors (Lipinski definition) is 3. The number of rotatable bonds is 5. The fourth-order valence-corrected chi connectivity index (χ4v) is 3.68. The van der Waals surface area contributed by atoms with Gasteiger partial charge >= 0.3 is 0 Å². The van der Waals surface area contributed by atoms with E-state index < -0.39 is 9.62 Å². The first kappa shape index (κ1) is 10.6. The monoisotopic (exact) mass is 184 g/mol. The van der Waals surface area contributed by atoms with Gasteiger partial charge in [-0.05, 0) is 24.6 Å². The lowest BCUT2D eigenvalue weighted by Gasteiger charge is -2.38. The molecular weight excluding hydrogens is 168 g/mol. The molecule has 0 aliphatic carbocycles. The first-order chi connectivity index (χ1) is 4.74. The molecule has 2 nitrogen and oxygen atoms in total. The second kappa shape index (κ2) is 5.29. The van der Waals surface area contributed by atoms with Gasteiger partial charge in [0, 0.05) is 12.0 Å². The second-order valence-electron chi connectivity index (χ2n) is 1.59. The Bertz CT molecular complexity index is 75.6. The summed E-state index contributed by atoms with van der Waals surface area (Å²) in [5.74, 6) is 0.957. The lowest BCUT2D eigenvalue weighted by molar-refractivity contribution is 0.318. The van der Waals surface area contributed by atoms with Crippen LogP contribution in [0.4, 0.5) is 0 Å². The molecule has 0 aromatic carbocycles. The Kier molecular flexibility index (Phi) is 5.62. The molecule has 0 aliphatic heterocycles. The minimum atomic E-state index is -1.24. The maximum atomic E-state index is 5.50. The Labute approximate surface area is 68.8 Å². The Hall–Kier alpha value is 0.620. The average Bonchev–Trinajstić information content (AvgIpc) is 2.01. The van der Waals surface area contributed by atoms with Gasteiger partial charge in [-0.25, -0.2) is 0 Å². The zero-order valence-electron chi connectivity index (χ0n) is 7.05. The molecule has 0 aromatic rings. The van der Waals surface area contributed by atoms with Gasteiger partial charge in [0.05, 0.1) is 13.7 Å². The van der Waals surface area contributed by atoms with E-state index in [2.05, 4.69) is 6.92 Å². The summed E-state index contributed by atoms with van der Waals surface area (Å²) in [4.78, 5) is 0. The van der Waals surface area contributed by atoms with Gasteiger partial charge in [-0.1, -0.05) is 0 Å². The smallest absolute Gasteiger partial charge is 0.0696 e. The maximum Gasteiger partial charge on any atom is 0.0696 e. The minimum Gasteiger partial charge on any atom is -0.278 e. The first-order valence-electron chi connectivity index (χ1n) is 3.31. The van der Waals surface area contributed by atoms with Crippen LogP contribution in [-0.4, -0.2) is 25.7 Å². The van der Waals surface area contributed by atoms with Gasteiger partial charge in [0.1, 0.15) is 0 Å². The van der Waals surface area contributed by atoms with E-state index in [1.165, 1.54) is 0 Å². The molecule has 0 spiro atoms. The predicted molar refractivity (Wildman–Crippen MR) is 50.3 cm³/mol. The molecule has 64 valence electrons. The van der Waals surface area contributed by atoms with Gasteiger partial charge in [0.25, 0.3) is 0 Å². The lowest BCUT2D eigenvalue weighted by Crippen LogP contribution is -2.04. The van der Waals surface area contributed by atoms with Crippen molar-refractivity contribution in [3.63, 3.8) is 0 Å². The highest BCUT2D eigenvalue weighted by Gasteiger charge is 2.14. The van der Waals surface area contributed by atoms with Crippen LogP contribution in [0.15, 0.2) is 0 Å². The lowest BCUT2D eigenvalue weighted by atomic mass is 10.9. The fourth-order valence-electron chi connectivity index (χ4n) is 0.663. The SMILES string of the molecule is CCOS(CC)(OC)SC. The van der Waals surface area contributed by atoms with Crippen LogP contribution >= 0.6 is 20.4 Å². The predicted octanol–water partition coefficient (Wildman–Crippen LogP) is 2.60. The molecule has 0 radical (unpaired) electrons. The molecule has 0 heterocycles. The summed E-state index contributed by atoms with van der Waals surface area (Å²) in [6.45, 7) is 4.81. The third kappa shape index (κ3) is 2.70. The van der Waals surface area contributed by atoms with E-state index in [1.54, 1.807) is 17.9 Å². The van der Waals surface area contributed by atoms with Crippen molar-refractivity contribution in [3.8, 4) is 0 Å². The van der Waals surface area contributed by atoms with E-state index in [0.717, 1.165) is 12.4 Å². The molecule has 10 heavy (non-hydrogen) atoms. The molecule has 0 saturated carbocycles. The molecule has 0 amide bonds.